The number of nitrogens with zero attached hydrogens (tertiary/aromatic N) is 1. The van der Waals surface area contributed by atoms with Crippen molar-refractivity contribution in [2.45, 2.75) is 39.2 Å². The normalized spacial score (nSPS) is 13.9. The van der Waals surface area contributed by atoms with Gasteiger partial charge in [-0.05, 0) is 50.4 Å². The first-order chi connectivity index (χ1) is 9.20. The van der Waals surface area contributed by atoms with Crippen molar-refractivity contribution >= 4 is 15.9 Å². The van der Waals surface area contributed by atoms with Crippen LogP contribution < -0.4 is 4.74 Å². The van der Waals surface area contributed by atoms with Gasteiger partial charge in [0.15, 0.2) is 0 Å². The van der Waals surface area contributed by atoms with E-state index >= 15 is 0 Å². The van der Waals surface area contributed by atoms with Gasteiger partial charge in [-0.15, -0.1) is 0 Å². The highest BCUT2D eigenvalue weighted by molar-refractivity contribution is 9.09. The molecule has 0 fully saturated rings. The zero-order chi connectivity index (χ0) is 13.7. The molecule has 0 amide bonds. The Bertz CT molecular complexity index is 406. The van der Waals surface area contributed by atoms with Gasteiger partial charge in [0, 0.05) is 24.3 Å². The van der Waals surface area contributed by atoms with E-state index in [1.165, 1.54) is 24.1 Å². The minimum atomic E-state index is 0.622. The molecule has 0 aliphatic carbocycles. The predicted molar refractivity (Wildman–Crippen MR) is 84.5 cm³/mol. The summed E-state index contributed by atoms with van der Waals surface area (Å²) in [5.74, 6) is 1.09. The van der Waals surface area contributed by atoms with Crippen LogP contribution in [-0.2, 0) is 12.8 Å². The monoisotopic (exact) mass is 325 g/mol. The van der Waals surface area contributed by atoms with Crippen molar-refractivity contribution in [3.63, 3.8) is 0 Å². The van der Waals surface area contributed by atoms with Crippen LogP contribution in [0.15, 0.2) is 18.2 Å². The molecule has 1 heterocycles. The molecule has 0 spiro atoms. The Morgan fingerprint density at radius 1 is 1.32 bits per heavy atom. The lowest BCUT2D eigenvalue weighted by Gasteiger charge is -2.26. The van der Waals surface area contributed by atoms with Crippen molar-refractivity contribution in [1.29, 1.82) is 0 Å². The Balaban J connectivity index is 1.89. The Labute approximate surface area is 125 Å². The van der Waals surface area contributed by atoms with Crippen LogP contribution >= 0.6 is 15.9 Å². The van der Waals surface area contributed by atoms with Crippen LogP contribution in [0.1, 0.15) is 31.4 Å². The SMILES string of the molecule is CC(C)N(CCCBr)CCc1ccc2c(c1)CCO2. The molecule has 0 radical (unpaired) electrons. The Morgan fingerprint density at radius 3 is 2.89 bits per heavy atom. The van der Waals surface area contributed by atoms with Gasteiger partial charge in [-0.1, -0.05) is 28.1 Å². The van der Waals surface area contributed by atoms with Crippen LogP contribution in [0.4, 0.5) is 0 Å². The van der Waals surface area contributed by atoms with Crippen molar-refractivity contribution < 1.29 is 4.74 Å². The van der Waals surface area contributed by atoms with Gasteiger partial charge in [0.1, 0.15) is 5.75 Å². The first-order valence-electron chi connectivity index (χ1n) is 7.25. The summed E-state index contributed by atoms with van der Waals surface area (Å²) < 4.78 is 5.55. The molecule has 3 heteroatoms. The van der Waals surface area contributed by atoms with Gasteiger partial charge in [-0.25, -0.2) is 0 Å². The number of fused-ring (bicyclic) bond motifs is 1. The van der Waals surface area contributed by atoms with Gasteiger partial charge in [0.05, 0.1) is 6.61 Å². The van der Waals surface area contributed by atoms with Gasteiger partial charge in [-0.2, -0.15) is 0 Å². The van der Waals surface area contributed by atoms with Crippen LogP contribution in [-0.4, -0.2) is 36.0 Å². The average Bonchev–Trinajstić information content (AvgIpc) is 2.85. The summed E-state index contributed by atoms with van der Waals surface area (Å²) in [6.07, 6.45) is 3.42. The fraction of sp³-hybridized carbons (Fsp3) is 0.625. The third-order valence-electron chi connectivity index (χ3n) is 3.75. The number of benzene rings is 1. The van der Waals surface area contributed by atoms with Crippen molar-refractivity contribution in [3.8, 4) is 5.75 Å². The number of alkyl halides is 1. The first-order valence-corrected chi connectivity index (χ1v) is 8.37. The maximum Gasteiger partial charge on any atom is 0.122 e. The second kappa shape index (κ2) is 7.30. The lowest BCUT2D eigenvalue weighted by molar-refractivity contribution is 0.225. The molecule has 19 heavy (non-hydrogen) atoms. The molecule has 2 rings (SSSR count). The van der Waals surface area contributed by atoms with E-state index in [4.69, 9.17) is 4.74 Å². The lowest BCUT2D eigenvalue weighted by Crippen LogP contribution is -2.33. The van der Waals surface area contributed by atoms with Crippen LogP contribution in [0.25, 0.3) is 0 Å². The summed E-state index contributed by atoms with van der Waals surface area (Å²) in [6.45, 7) is 7.74. The number of rotatable bonds is 7. The van der Waals surface area contributed by atoms with Crippen LogP contribution in [0.2, 0.25) is 0 Å². The van der Waals surface area contributed by atoms with E-state index in [0.29, 0.717) is 6.04 Å². The maximum absolute atomic E-state index is 5.55. The standard InChI is InChI=1S/C16H24BrNO/c1-13(2)18(9-3-8-17)10-6-14-4-5-16-15(12-14)7-11-19-16/h4-5,12-13H,3,6-11H2,1-2H3. The molecule has 0 atom stereocenters. The van der Waals surface area contributed by atoms with Crippen LogP contribution in [0.5, 0.6) is 5.75 Å². The van der Waals surface area contributed by atoms with Crippen LogP contribution in [0, 0.1) is 0 Å². The largest absolute Gasteiger partial charge is 0.493 e. The first kappa shape index (κ1) is 14.9. The number of hydrogen-bond donors (Lipinski definition) is 0. The van der Waals surface area contributed by atoms with E-state index in [9.17, 15) is 0 Å². The zero-order valence-corrected chi connectivity index (χ0v) is 13.6. The molecule has 106 valence electrons. The molecule has 1 aliphatic rings. The molecular formula is C16H24BrNO. The molecule has 0 aromatic heterocycles. The van der Waals surface area contributed by atoms with Gasteiger partial charge in [-0.3, -0.25) is 0 Å². The van der Waals surface area contributed by atoms with E-state index in [0.717, 1.165) is 37.1 Å². The minimum absolute atomic E-state index is 0.622. The topological polar surface area (TPSA) is 12.5 Å². The zero-order valence-electron chi connectivity index (χ0n) is 12.0. The average molecular weight is 326 g/mol. The van der Waals surface area contributed by atoms with Crippen LogP contribution in [0.3, 0.4) is 0 Å². The Hall–Kier alpha value is -0.540. The maximum atomic E-state index is 5.55. The summed E-state index contributed by atoms with van der Waals surface area (Å²) in [5.41, 5.74) is 2.82. The molecule has 0 saturated heterocycles. The lowest BCUT2D eigenvalue weighted by atomic mass is 10.1. The molecular weight excluding hydrogens is 302 g/mol. The van der Waals surface area contributed by atoms with E-state index in [1.54, 1.807) is 0 Å². The van der Waals surface area contributed by atoms with Crippen molar-refractivity contribution in [3.05, 3.63) is 29.3 Å². The van der Waals surface area contributed by atoms with Gasteiger partial charge < -0.3 is 9.64 Å². The van der Waals surface area contributed by atoms with Crippen molar-refractivity contribution in [1.82, 2.24) is 4.90 Å². The quantitative estimate of drug-likeness (QED) is 0.709. The fourth-order valence-electron chi connectivity index (χ4n) is 2.56. The van der Waals surface area contributed by atoms with Gasteiger partial charge in [0.25, 0.3) is 0 Å². The molecule has 0 saturated carbocycles. The number of hydrogen-bond acceptors (Lipinski definition) is 2. The molecule has 0 unspecified atom stereocenters. The molecule has 2 nitrogen and oxygen atoms in total. The predicted octanol–water partition coefficient (Wildman–Crippen LogP) is 3.66. The van der Waals surface area contributed by atoms with Gasteiger partial charge in [0.2, 0.25) is 0 Å². The highest BCUT2D eigenvalue weighted by atomic mass is 79.9. The Morgan fingerprint density at radius 2 is 2.16 bits per heavy atom. The van der Waals surface area contributed by atoms with Gasteiger partial charge >= 0.3 is 0 Å². The molecule has 1 aliphatic heterocycles. The summed E-state index contributed by atoms with van der Waals surface area (Å²) in [4.78, 5) is 2.56. The summed E-state index contributed by atoms with van der Waals surface area (Å²) in [5, 5.41) is 1.09. The molecule has 0 N–H and O–H groups in total. The minimum Gasteiger partial charge on any atom is -0.493 e. The summed E-state index contributed by atoms with van der Waals surface area (Å²) in [6, 6.07) is 7.30. The Kier molecular flexibility index (Phi) is 5.71. The second-order valence-corrected chi connectivity index (χ2v) is 6.26. The molecule has 1 aromatic rings. The van der Waals surface area contributed by atoms with E-state index < -0.39 is 0 Å². The highest BCUT2D eigenvalue weighted by Crippen LogP contribution is 2.26. The molecule has 0 bridgehead atoms. The summed E-state index contributed by atoms with van der Waals surface area (Å²) >= 11 is 3.52. The van der Waals surface area contributed by atoms with E-state index in [2.05, 4.69) is 52.9 Å². The smallest absolute Gasteiger partial charge is 0.122 e. The fourth-order valence-corrected chi connectivity index (χ4v) is 2.81. The highest BCUT2D eigenvalue weighted by Gasteiger charge is 2.13. The third kappa shape index (κ3) is 4.22. The van der Waals surface area contributed by atoms with E-state index in [-0.39, 0.29) is 0 Å². The third-order valence-corrected chi connectivity index (χ3v) is 4.31. The summed E-state index contributed by atoms with van der Waals surface area (Å²) in [7, 11) is 0. The number of ether oxygens (including phenoxy) is 1. The second-order valence-electron chi connectivity index (χ2n) is 5.46. The number of halogens is 1. The van der Waals surface area contributed by atoms with Crippen molar-refractivity contribution in [2.75, 3.05) is 25.0 Å². The van der Waals surface area contributed by atoms with Crippen molar-refractivity contribution in [2.24, 2.45) is 0 Å². The van der Waals surface area contributed by atoms with E-state index in [1.807, 2.05) is 0 Å². The molecule has 1 aromatic carbocycles.